The molecule has 1 aliphatic rings. The number of carboxylic acid groups (broad SMARTS) is 1. The van der Waals surface area contributed by atoms with E-state index in [0.717, 1.165) is 23.3 Å². The van der Waals surface area contributed by atoms with Crippen molar-refractivity contribution in [3.8, 4) is 0 Å². The minimum atomic E-state index is -1.38. The summed E-state index contributed by atoms with van der Waals surface area (Å²) in [5.41, 5.74) is 8.83. The number of rotatable bonds is 13. The molecule has 2 aromatic carbocycles. The molecular formula is C31H41N7O7. The van der Waals surface area contributed by atoms with Crippen LogP contribution in [0.2, 0.25) is 0 Å². The summed E-state index contributed by atoms with van der Waals surface area (Å²) < 4.78 is 0. The molecule has 3 rings (SSSR count). The van der Waals surface area contributed by atoms with Crippen LogP contribution in [0.5, 0.6) is 0 Å². The van der Waals surface area contributed by atoms with Crippen LogP contribution >= 0.6 is 0 Å². The molecule has 0 aliphatic carbocycles. The molecule has 242 valence electrons. The number of likely N-dealkylation sites (tertiary alicyclic amines) is 1. The number of amides is 6. The van der Waals surface area contributed by atoms with Crippen molar-refractivity contribution in [2.24, 2.45) is 0 Å². The summed E-state index contributed by atoms with van der Waals surface area (Å²) in [5.74, 6) is -3.45. The van der Waals surface area contributed by atoms with Crippen molar-refractivity contribution in [3.63, 3.8) is 0 Å². The molecule has 1 fully saturated rings. The van der Waals surface area contributed by atoms with E-state index in [-0.39, 0.29) is 18.9 Å². The van der Waals surface area contributed by atoms with Gasteiger partial charge in [0.05, 0.1) is 25.9 Å². The highest BCUT2D eigenvalue weighted by Crippen LogP contribution is 2.19. The zero-order valence-electron chi connectivity index (χ0n) is 25.7. The largest absolute Gasteiger partial charge is 0.481 e. The maximum Gasteiger partial charge on any atom is 0.323 e. The van der Waals surface area contributed by atoms with Gasteiger partial charge in [0, 0.05) is 36.2 Å². The third kappa shape index (κ3) is 10.5. The number of hydrogen-bond donors (Lipinski definition) is 6. The number of nitrogens with two attached hydrogens (primary N) is 1. The summed E-state index contributed by atoms with van der Waals surface area (Å²) in [5, 5.41) is 19.9. The number of carboxylic acids is 1. The van der Waals surface area contributed by atoms with Gasteiger partial charge >= 0.3 is 12.0 Å². The maximum atomic E-state index is 13.1. The number of aliphatic carboxylic acids is 1. The number of carbonyl (C=O) groups is 6. The second-order valence-electron chi connectivity index (χ2n) is 11.1. The van der Waals surface area contributed by atoms with E-state index in [1.165, 1.54) is 0 Å². The highest BCUT2D eigenvalue weighted by Gasteiger charge is 2.34. The van der Waals surface area contributed by atoms with Crippen LogP contribution < -0.4 is 27.0 Å². The van der Waals surface area contributed by atoms with Crippen LogP contribution in [0.25, 0.3) is 0 Å². The number of carbonyl (C=O) groups excluding carboxylic acids is 5. The molecule has 1 saturated heterocycles. The first-order valence-corrected chi connectivity index (χ1v) is 14.7. The Morgan fingerprint density at radius 2 is 1.60 bits per heavy atom. The average Bonchev–Trinajstić information content (AvgIpc) is 3.52. The Kier molecular flexibility index (Phi) is 12.3. The molecule has 2 aromatic rings. The van der Waals surface area contributed by atoms with Gasteiger partial charge in [-0.05, 0) is 69.0 Å². The number of urea groups is 1. The standard InChI is InChI=1S/C31H41N7O7/c1-19(2)38(25(16-29(42)43)30(44)34-17-27(40)37-12-4-5-13-37)28(41)18-33-26(39)14-21-7-10-23(11-8-21)35-31(45)36-24-15-22(32)9-6-20(24)3/h6-11,15,19,25H,4-5,12-14,16-18,32H2,1-3H3,(H,33,39)(H,34,44)(H,42,43)(H2,35,36,45)/t25-/m0/s1. The Hall–Kier alpha value is -5.14. The van der Waals surface area contributed by atoms with E-state index in [1.807, 2.05) is 6.92 Å². The zero-order valence-corrected chi connectivity index (χ0v) is 25.7. The fraction of sp³-hybridized carbons (Fsp3) is 0.419. The predicted molar refractivity (Wildman–Crippen MR) is 168 cm³/mol. The van der Waals surface area contributed by atoms with Gasteiger partial charge < -0.3 is 41.9 Å². The Labute approximate surface area is 261 Å². The highest BCUT2D eigenvalue weighted by molar-refractivity contribution is 6.00. The first-order valence-electron chi connectivity index (χ1n) is 14.7. The molecule has 0 radical (unpaired) electrons. The SMILES string of the molecule is Cc1ccc(N)cc1NC(=O)Nc1ccc(CC(=O)NCC(=O)N(C(C)C)[C@@H](CC(=O)O)C(=O)NCC(=O)N2CCCC2)cc1. The van der Waals surface area contributed by atoms with Crippen LogP contribution in [0, 0.1) is 6.92 Å². The molecule has 0 spiro atoms. The average molecular weight is 624 g/mol. The molecule has 0 aromatic heterocycles. The van der Waals surface area contributed by atoms with E-state index in [0.29, 0.717) is 35.7 Å². The normalized spacial score (nSPS) is 13.1. The fourth-order valence-electron chi connectivity index (χ4n) is 4.94. The lowest BCUT2D eigenvalue weighted by atomic mass is 10.1. The third-order valence-electron chi connectivity index (χ3n) is 7.25. The van der Waals surface area contributed by atoms with Crippen molar-refractivity contribution in [2.75, 3.05) is 42.5 Å². The number of hydrogen-bond acceptors (Lipinski definition) is 7. The van der Waals surface area contributed by atoms with Gasteiger partial charge in [0.25, 0.3) is 0 Å². The van der Waals surface area contributed by atoms with Gasteiger partial charge in [-0.1, -0.05) is 18.2 Å². The topological polar surface area (TPSA) is 203 Å². The van der Waals surface area contributed by atoms with Crippen molar-refractivity contribution in [2.45, 2.75) is 58.5 Å². The summed E-state index contributed by atoms with van der Waals surface area (Å²) in [7, 11) is 0. The molecular weight excluding hydrogens is 582 g/mol. The molecule has 1 aliphatic heterocycles. The second-order valence-corrected chi connectivity index (χ2v) is 11.1. The molecule has 1 heterocycles. The van der Waals surface area contributed by atoms with Crippen molar-refractivity contribution < 1.29 is 33.9 Å². The molecule has 45 heavy (non-hydrogen) atoms. The van der Waals surface area contributed by atoms with Crippen LogP contribution in [-0.4, -0.2) is 88.8 Å². The van der Waals surface area contributed by atoms with E-state index in [9.17, 15) is 33.9 Å². The first kappa shape index (κ1) is 34.4. The van der Waals surface area contributed by atoms with Crippen molar-refractivity contribution >= 4 is 52.7 Å². The van der Waals surface area contributed by atoms with E-state index in [1.54, 1.807) is 61.2 Å². The molecule has 14 heteroatoms. The zero-order chi connectivity index (χ0) is 33.1. The Morgan fingerprint density at radius 1 is 0.933 bits per heavy atom. The number of nitrogens with zero attached hydrogens (tertiary/aromatic N) is 2. The third-order valence-corrected chi connectivity index (χ3v) is 7.25. The predicted octanol–water partition coefficient (Wildman–Crippen LogP) is 1.70. The van der Waals surface area contributed by atoms with Gasteiger partial charge in [0.1, 0.15) is 6.04 Å². The minimum absolute atomic E-state index is 0.0679. The number of anilines is 3. The van der Waals surface area contributed by atoms with Crippen LogP contribution in [0.15, 0.2) is 42.5 Å². The summed E-state index contributed by atoms with van der Waals surface area (Å²) in [6.45, 7) is 5.55. The van der Waals surface area contributed by atoms with Gasteiger partial charge in [-0.25, -0.2) is 4.79 Å². The minimum Gasteiger partial charge on any atom is -0.481 e. The van der Waals surface area contributed by atoms with E-state index < -0.39 is 54.8 Å². The lowest BCUT2D eigenvalue weighted by Gasteiger charge is -2.33. The number of benzene rings is 2. The molecule has 0 bridgehead atoms. The lowest BCUT2D eigenvalue weighted by Crippen LogP contribution is -2.56. The van der Waals surface area contributed by atoms with E-state index >= 15 is 0 Å². The van der Waals surface area contributed by atoms with Crippen molar-refractivity contribution in [3.05, 3.63) is 53.6 Å². The van der Waals surface area contributed by atoms with Gasteiger partial charge in [-0.15, -0.1) is 0 Å². The van der Waals surface area contributed by atoms with Gasteiger partial charge in [-0.3, -0.25) is 24.0 Å². The van der Waals surface area contributed by atoms with Gasteiger partial charge in [0.2, 0.25) is 23.6 Å². The maximum absolute atomic E-state index is 13.1. The Balaban J connectivity index is 1.53. The molecule has 0 unspecified atom stereocenters. The molecule has 1 atom stereocenters. The number of nitrogens with one attached hydrogen (secondary N) is 4. The Morgan fingerprint density at radius 3 is 2.22 bits per heavy atom. The summed E-state index contributed by atoms with van der Waals surface area (Å²) in [6, 6.07) is 9.34. The van der Waals surface area contributed by atoms with Crippen LogP contribution in [0.4, 0.5) is 21.9 Å². The summed E-state index contributed by atoms with van der Waals surface area (Å²) in [4.78, 5) is 77.8. The van der Waals surface area contributed by atoms with E-state index in [2.05, 4.69) is 21.3 Å². The Bertz CT molecular complexity index is 1410. The summed E-state index contributed by atoms with van der Waals surface area (Å²) >= 11 is 0. The van der Waals surface area contributed by atoms with Crippen LogP contribution in [0.1, 0.15) is 44.2 Å². The van der Waals surface area contributed by atoms with Gasteiger partial charge in [-0.2, -0.15) is 0 Å². The number of nitrogen functional groups attached to an aromatic ring is 1. The summed E-state index contributed by atoms with van der Waals surface area (Å²) in [6.07, 6.45) is 1.03. The molecule has 0 saturated carbocycles. The molecule has 6 amide bonds. The van der Waals surface area contributed by atoms with Gasteiger partial charge in [0.15, 0.2) is 0 Å². The van der Waals surface area contributed by atoms with Crippen LogP contribution in [0.3, 0.4) is 0 Å². The van der Waals surface area contributed by atoms with Crippen molar-refractivity contribution in [1.29, 1.82) is 0 Å². The highest BCUT2D eigenvalue weighted by atomic mass is 16.4. The fourth-order valence-corrected chi connectivity index (χ4v) is 4.94. The molecule has 7 N–H and O–H groups in total. The smallest absolute Gasteiger partial charge is 0.323 e. The van der Waals surface area contributed by atoms with Crippen molar-refractivity contribution in [1.82, 2.24) is 20.4 Å². The lowest BCUT2D eigenvalue weighted by molar-refractivity contribution is -0.148. The quantitative estimate of drug-likeness (QED) is 0.181. The molecule has 14 nitrogen and oxygen atoms in total. The first-order chi connectivity index (χ1) is 21.3. The second kappa shape index (κ2) is 16.1. The number of aryl methyl sites for hydroxylation is 1. The van der Waals surface area contributed by atoms with Crippen LogP contribution in [-0.2, 0) is 30.4 Å². The monoisotopic (exact) mass is 623 g/mol. The van der Waals surface area contributed by atoms with E-state index in [4.69, 9.17) is 5.73 Å².